The first-order chi connectivity index (χ1) is 42.4. The number of halogens is 3. The molecule has 0 saturated carbocycles. The number of benzene rings is 12. The zero-order chi connectivity index (χ0) is 59.7. The molecule has 4 nitrogen and oxygen atoms in total. The predicted octanol–water partition coefficient (Wildman–Crippen LogP) is 22.6. The summed E-state index contributed by atoms with van der Waals surface area (Å²) in [6.45, 7) is 8.38. The van der Waals surface area contributed by atoms with Crippen LogP contribution in [0.15, 0.2) is 300 Å². The highest BCUT2D eigenvalue weighted by molar-refractivity contribution is 14.1. The molecule has 0 radical (unpaired) electrons. The molecule has 1 aliphatic heterocycles. The van der Waals surface area contributed by atoms with Gasteiger partial charge in [0.15, 0.2) is 0 Å². The van der Waals surface area contributed by atoms with E-state index in [1.807, 2.05) is 18.2 Å². The molecule has 3 heterocycles. The summed E-state index contributed by atoms with van der Waals surface area (Å²) in [5, 5.41) is 4.97. The van der Waals surface area contributed by atoms with Crippen molar-refractivity contribution in [1.82, 2.24) is 9.13 Å². The molecule has 1 saturated heterocycles. The zero-order valence-electron chi connectivity index (χ0n) is 48.8. The second-order valence-electron chi connectivity index (χ2n) is 23.1. The molecule has 0 spiro atoms. The van der Waals surface area contributed by atoms with Gasteiger partial charge < -0.3 is 18.4 Å². The molecule has 0 bridgehead atoms. The fraction of sp³-hybridized carbons (Fsp3) is 0.100. The second-order valence-corrected chi connectivity index (χ2v) is 26.1. The van der Waals surface area contributed by atoms with Crippen molar-refractivity contribution >= 4 is 111 Å². The summed E-state index contributed by atoms with van der Waals surface area (Å²) in [5.74, 6) is 0. The Morgan fingerprint density at radius 3 is 1.24 bits per heavy atom. The van der Waals surface area contributed by atoms with Gasteiger partial charge in [-0.3, -0.25) is 0 Å². The molecule has 88 heavy (non-hydrogen) atoms. The van der Waals surface area contributed by atoms with Crippen LogP contribution in [0, 0.1) is 3.57 Å². The Morgan fingerprint density at radius 1 is 0.352 bits per heavy atom. The van der Waals surface area contributed by atoms with E-state index in [-0.39, 0.29) is 25.7 Å². The van der Waals surface area contributed by atoms with Crippen molar-refractivity contribution in [3.63, 3.8) is 0 Å². The van der Waals surface area contributed by atoms with Crippen LogP contribution in [0.2, 0.25) is 0 Å². The van der Waals surface area contributed by atoms with Gasteiger partial charge in [0.25, 0.3) is 0 Å². The van der Waals surface area contributed by atoms with Gasteiger partial charge >= 0.3 is 7.12 Å². The Kier molecular flexibility index (Phi) is 17.7. The summed E-state index contributed by atoms with van der Waals surface area (Å²) in [5.41, 5.74) is 20.6. The van der Waals surface area contributed by atoms with E-state index >= 15 is 0 Å². The number of para-hydroxylation sites is 2. The highest BCUT2D eigenvalue weighted by Gasteiger charge is 2.51. The minimum absolute atomic E-state index is 0. The third-order valence-electron chi connectivity index (χ3n) is 17.0. The van der Waals surface area contributed by atoms with E-state index in [1.54, 1.807) is 0 Å². The van der Waals surface area contributed by atoms with Crippen LogP contribution < -0.4 is 5.46 Å². The number of nitrogens with zero attached hydrogens (tertiary/aromatic N) is 2. The lowest BCUT2D eigenvalue weighted by Crippen LogP contribution is -2.41. The quantitative estimate of drug-likeness (QED) is 0.123. The van der Waals surface area contributed by atoms with Gasteiger partial charge in [0.2, 0.25) is 0 Å². The van der Waals surface area contributed by atoms with E-state index in [0.717, 1.165) is 26.5 Å². The van der Waals surface area contributed by atoms with Crippen molar-refractivity contribution in [2.24, 2.45) is 0 Å². The second kappa shape index (κ2) is 25.9. The van der Waals surface area contributed by atoms with Gasteiger partial charge in [0.1, 0.15) is 0 Å². The fourth-order valence-corrected chi connectivity index (χ4v) is 12.9. The normalized spacial score (nSPS) is 13.3. The van der Waals surface area contributed by atoms with E-state index in [1.165, 1.54) is 109 Å². The summed E-state index contributed by atoms with van der Waals surface area (Å²) in [4.78, 5) is 0. The molecule has 16 rings (SSSR count). The summed E-state index contributed by atoms with van der Waals surface area (Å²) < 4.78 is 20.9. The summed E-state index contributed by atoms with van der Waals surface area (Å²) in [6.07, 6.45) is 1.08. The first-order valence-corrected chi connectivity index (χ1v) is 32.1. The van der Waals surface area contributed by atoms with Crippen LogP contribution in [0.1, 0.15) is 46.2 Å². The largest absolute Gasteiger partial charge is 0.494 e. The Bertz CT molecular complexity index is 4720. The average molecular weight is 1380 g/mol. The Balaban J connectivity index is 0.000000123. The first-order valence-electron chi connectivity index (χ1n) is 29.4. The van der Waals surface area contributed by atoms with Gasteiger partial charge in [-0.2, -0.15) is 0 Å². The highest BCUT2D eigenvalue weighted by Crippen LogP contribution is 2.40. The molecule has 1 aliphatic carbocycles. The molecule has 1 fully saturated rings. The highest BCUT2D eigenvalue weighted by atomic mass is 127. The molecular formula is C80H66BBr2IN2O2. The standard InChI is InChI=1S/C30H28BNO2.C24H16BrN.C13H9Br.C12H9I.CH4/c1-29(2)30(3,4)34-31(33-29)23-16-19-28-26(20-23)25-12-8-9-13-27(25)32(28)24-17-14-22(15-18-24)21-10-6-5-7-11-21;25-19-12-15-24-22(16-19)21-8-4-5-9-23(21)26(24)20-13-10-18(11-14-20)17-6-2-1-3-7-17;14-11-6-5-10-7-9-3-1-2-4-12(9)13(10)8-11;13-12-8-6-11(7-9-12)10-4-2-1-3-5-10;/h5-20H,1-4H3;1-16H;1-6,8H,7H2;1-9H;1H4. The minimum atomic E-state index is -0.373. The lowest BCUT2D eigenvalue weighted by molar-refractivity contribution is 0.00578. The molecule has 432 valence electrons. The van der Waals surface area contributed by atoms with Crippen LogP contribution in [-0.2, 0) is 15.7 Å². The van der Waals surface area contributed by atoms with E-state index in [0.29, 0.717) is 0 Å². The lowest BCUT2D eigenvalue weighted by Gasteiger charge is -2.32. The monoisotopic (exact) mass is 1380 g/mol. The van der Waals surface area contributed by atoms with Gasteiger partial charge in [0, 0.05) is 45.4 Å². The molecule has 0 amide bonds. The third kappa shape index (κ3) is 12.4. The van der Waals surface area contributed by atoms with E-state index in [4.69, 9.17) is 9.31 Å². The molecule has 12 aromatic carbocycles. The first kappa shape index (κ1) is 60.2. The van der Waals surface area contributed by atoms with Gasteiger partial charge in [0.05, 0.1) is 33.3 Å². The summed E-state index contributed by atoms with van der Waals surface area (Å²) in [6, 6.07) is 103. The SMILES string of the molecule is Brc1ccc2c(c1)-c1ccccc1C2.Brc1ccc2c(c1)c1ccccc1n2-c1ccc(-c2ccccc2)cc1.C.CC1(C)OB(c2ccc3c(c2)c2ccccc2n3-c2ccc(-c3ccccc3)cc2)OC1(C)C.Ic1ccc(-c2ccccc2)cc1. The van der Waals surface area contributed by atoms with Crippen molar-refractivity contribution in [3.8, 4) is 55.9 Å². The maximum atomic E-state index is 6.33. The van der Waals surface area contributed by atoms with Crippen LogP contribution in [0.3, 0.4) is 0 Å². The van der Waals surface area contributed by atoms with Gasteiger partial charge in [-0.05, 0) is 203 Å². The van der Waals surface area contributed by atoms with Crippen LogP contribution in [0.5, 0.6) is 0 Å². The molecule has 8 heteroatoms. The van der Waals surface area contributed by atoms with Crippen LogP contribution in [0.4, 0.5) is 0 Å². The average Bonchev–Trinajstić information content (AvgIpc) is 1.69. The maximum Gasteiger partial charge on any atom is 0.494 e. The molecule has 14 aromatic rings. The Hall–Kier alpha value is -8.09. The van der Waals surface area contributed by atoms with Crippen molar-refractivity contribution in [2.45, 2.75) is 52.7 Å². The number of rotatable bonds is 6. The van der Waals surface area contributed by atoms with E-state index in [2.05, 4.69) is 364 Å². The smallest absolute Gasteiger partial charge is 0.399 e. The topological polar surface area (TPSA) is 28.3 Å². The molecular weight excluding hydrogens is 1320 g/mol. The number of aromatic nitrogens is 2. The van der Waals surface area contributed by atoms with Gasteiger partial charge in [-0.25, -0.2) is 0 Å². The molecule has 0 unspecified atom stereocenters. The van der Waals surface area contributed by atoms with Crippen LogP contribution >= 0.6 is 54.5 Å². The van der Waals surface area contributed by atoms with Gasteiger partial charge in [-0.1, -0.05) is 246 Å². The van der Waals surface area contributed by atoms with E-state index < -0.39 is 0 Å². The summed E-state index contributed by atoms with van der Waals surface area (Å²) in [7, 11) is -0.373. The van der Waals surface area contributed by atoms with Crippen LogP contribution in [0.25, 0.3) is 99.5 Å². The molecule has 0 N–H and O–H groups in total. The Labute approximate surface area is 548 Å². The van der Waals surface area contributed by atoms with Crippen molar-refractivity contribution < 1.29 is 9.31 Å². The van der Waals surface area contributed by atoms with Crippen molar-refractivity contribution in [3.05, 3.63) is 315 Å². The molecule has 0 atom stereocenters. The van der Waals surface area contributed by atoms with Crippen molar-refractivity contribution in [1.29, 1.82) is 0 Å². The molecule has 2 aliphatic rings. The lowest BCUT2D eigenvalue weighted by atomic mass is 9.78. The number of hydrogen-bond donors (Lipinski definition) is 0. The number of fused-ring (bicyclic) bond motifs is 9. The fourth-order valence-electron chi connectivity index (χ4n) is 11.9. The summed E-state index contributed by atoms with van der Waals surface area (Å²) >= 11 is 9.44. The molecule has 2 aromatic heterocycles. The van der Waals surface area contributed by atoms with Gasteiger partial charge in [-0.15, -0.1) is 0 Å². The predicted molar refractivity (Wildman–Crippen MR) is 390 cm³/mol. The van der Waals surface area contributed by atoms with E-state index in [9.17, 15) is 0 Å². The maximum absolute atomic E-state index is 6.33. The van der Waals surface area contributed by atoms with Crippen molar-refractivity contribution in [2.75, 3.05) is 0 Å². The third-order valence-corrected chi connectivity index (χ3v) is 18.7. The zero-order valence-corrected chi connectivity index (χ0v) is 54.2. The Morgan fingerprint density at radius 2 is 0.727 bits per heavy atom. The minimum Gasteiger partial charge on any atom is -0.399 e. The van der Waals surface area contributed by atoms with Crippen LogP contribution in [-0.4, -0.2) is 27.5 Å². The number of hydrogen-bond acceptors (Lipinski definition) is 2.